The van der Waals surface area contributed by atoms with Crippen LogP contribution in [0.4, 0.5) is 34.1 Å². The van der Waals surface area contributed by atoms with Gasteiger partial charge in [-0.1, -0.05) is 304 Å². The molecule has 0 amide bonds. The van der Waals surface area contributed by atoms with Crippen LogP contribution < -0.4 is 9.80 Å². The molecule has 0 aromatic heterocycles. The number of anilines is 6. The standard InChI is InChI=1S/C101H90N2O4/c1-5-99(69-106-70-99)67-104-65-75-21-25-79(26-22-75)85-37-57-95(58-38-85)102(93-53-33-83(34-54-93)77-13-9-7-10-14-77)97-61-41-87(42-62-97)81-29-49-91(50-30-81)101(89-45-17-73(3)18-46-89,90-47-19-74(4)20-48-90)92-51-31-82(32-52-92)88-43-63-98(64-44-88)103(94-55-35-84(36-56-94)78-15-11-8-12-16-78)96-59-39-86(40-60-96)80-27-23-76(24-28-80)66-105-68-100(6-2)71-107-72-100/h7-64H,5-6,65-72H2,1-4H3. The van der Waals surface area contributed by atoms with E-state index < -0.39 is 5.41 Å². The summed E-state index contributed by atoms with van der Waals surface area (Å²) < 4.78 is 23.4. The van der Waals surface area contributed by atoms with Gasteiger partial charge < -0.3 is 28.7 Å². The van der Waals surface area contributed by atoms with Crippen molar-refractivity contribution in [3.05, 3.63) is 396 Å². The van der Waals surface area contributed by atoms with E-state index in [1.165, 1.54) is 77.9 Å². The predicted molar refractivity (Wildman–Crippen MR) is 443 cm³/mol. The van der Waals surface area contributed by atoms with Crippen molar-refractivity contribution in [3.8, 4) is 66.8 Å². The Morgan fingerprint density at radius 3 is 0.682 bits per heavy atom. The molecule has 0 radical (unpaired) electrons. The highest BCUT2D eigenvalue weighted by Gasteiger charge is 2.40. The molecule has 0 bridgehead atoms. The van der Waals surface area contributed by atoms with Crippen molar-refractivity contribution in [2.45, 2.75) is 59.2 Å². The second kappa shape index (κ2) is 31.3. The smallest absolute Gasteiger partial charge is 0.0717 e. The molecule has 0 aliphatic carbocycles. The zero-order valence-electron chi connectivity index (χ0n) is 61.6. The third-order valence-electron chi connectivity index (χ3n) is 22.3. The van der Waals surface area contributed by atoms with Gasteiger partial charge >= 0.3 is 0 Å². The van der Waals surface area contributed by atoms with Crippen molar-refractivity contribution >= 4 is 34.1 Å². The van der Waals surface area contributed by atoms with Crippen molar-refractivity contribution in [2.75, 3.05) is 49.4 Å². The quantitative estimate of drug-likeness (QED) is 0.0504. The molecule has 0 spiro atoms. The Labute approximate surface area is 631 Å². The fourth-order valence-corrected chi connectivity index (χ4v) is 15.3. The predicted octanol–water partition coefficient (Wildman–Crippen LogP) is 25.5. The van der Waals surface area contributed by atoms with E-state index in [2.05, 4.69) is 389 Å². The van der Waals surface area contributed by atoms with Gasteiger partial charge in [0.05, 0.1) is 58.3 Å². The fourth-order valence-electron chi connectivity index (χ4n) is 15.3. The maximum Gasteiger partial charge on any atom is 0.0717 e. The summed E-state index contributed by atoms with van der Waals surface area (Å²) in [5, 5.41) is 0. The molecule has 14 aromatic carbocycles. The third kappa shape index (κ3) is 15.0. The molecule has 2 aliphatic rings. The number of ether oxygens (including phenoxy) is 4. The van der Waals surface area contributed by atoms with E-state index in [0.717, 1.165) is 120 Å². The molecule has 0 unspecified atom stereocenters. The first-order valence-corrected chi connectivity index (χ1v) is 37.8. The number of aryl methyl sites for hydroxylation is 2. The van der Waals surface area contributed by atoms with Crippen LogP contribution in [-0.4, -0.2) is 39.6 Å². The van der Waals surface area contributed by atoms with Crippen LogP contribution in [0.15, 0.2) is 352 Å². The Kier molecular flexibility index (Phi) is 20.4. The van der Waals surface area contributed by atoms with Gasteiger partial charge in [-0.05, 0) is 200 Å². The molecule has 0 N–H and O–H groups in total. The molecule has 2 fully saturated rings. The first-order chi connectivity index (χ1) is 52.6. The molecule has 0 saturated carbocycles. The first-order valence-electron chi connectivity index (χ1n) is 37.8. The van der Waals surface area contributed by atoms with E-state index >= 15 is 0 Å². The molecular weight excluding hydrogens is 1310 g/mol. The molecule has 16 rings (SSSR count). The van der Waals surface area contributed by atoms with Crippen LogP contribution in [0.1, 0.15) is 71.2 Å². The summed E-state index contributed by atoms with van der Waals surface area (Å²) in [5.41, 5.74) is 29.6. The van der Waals surface area contributed by atoms with Crippen LogP contribution in [0.25, 0.3) is 66.8 Å². The molecule has 107 heavy (non-hydrogen) atoms. The number of nitrogens with zero attached hydrogens (tertiary/aromatic N) is 2. The monoisotopic (exact) mass is 1390 g/mol. The van der Waals surface area contributed by atoms with Crippen molar-refractivity contribution in [3.63, 3.8) is 0 Å². The van der Waals surface area contributed by atoms with Crippen molar-refractivity contribution in [2.24, 2.45) is 10.8 Å². The summed E-state index contributed by atoms with van der Waals surface area (Å²) in [5.74, 6) is 0. The number of hydrogen-bond donors (Lipinski definition) is 0. The fraction of sp³-hybridized carbons (Fsp3) is 0.168. The highest BCUT2D eigenvalue weighted by atomic mass is 16.5. The zero-order valence-corrected chi connectivity index (χ0v) is 61.6. The van der Waals surface area contributed by atoms with E-state index in [-0.39, 0.29) is 10.8 Å². The van der Waals surface area contributed by atoms with Crippen LogP contribution in [0.2, 0.25) is 0 Å². The van der Waals surface area contributed by atoms with Gasteiger partial charge in [-0.15, -0.1) is 0 Å². The Bertz CT molecular complexity index is 4870. The van der Waals surface area contributed by atoms with Crippen molar-refractivity contribution in [1.29, 1.82) is 0 Å². The van der Waals surface area contributed by atoms with Gasteiger partial charge in [0.15, 0.2) is 0 Å². The van der Waals surface area contributed by atoms with Gasteiger partial charge in [0.2, 0.25) is 0 Å². The molecule has 6 heteroatoms. The van der Waals surface area contributed by atoms with Crippen LogP contribution in [0.5, 0.6) is 0 Å². The minimum atomic E-state index is -0.658. The topological polar surface area (TPSA) is 43.4 Å². The summed E-state index contributed by atoms with van der Waals surface area (Å²) >= 11 is 0. The molecule has 528 valence electrons. The lowest BCUT2D eigenvalue weighted by Gasteiger charge is -2.40. The van der Waals surface area contributed by atoms with E-state index in [0.29, 0.717) is 13.2 Å². The summed E-state index contributed by atoms with van der Waals surface area (Å²) in [6.45, 7) is 14.6. The Hall–Kier alpha value is -11.5. The normalized spacial score (nSPS) is 13.6. The van der Waals surface area contributed by atoms with Gasteiger partial charge in [-0.3, -0.25) is 0 Å². The van der Waals surface area contributed by atoms with Crippen LogP contribution in [0, 0.1) is 24.7 Å². The van der Waals surface area contributed by atoms with Gasteiger partial charge in [-0.25, -0.2) is 0 Å². The second-order valence-electron chi connectivity index (χ2n) is 29.4. The number of hydrogen-bond acceptors (Lipinski definition) is 6. The Morgan fingerprint density at radius 1 is 0.262 bits per heavy atom. The lowest BCUT2D eigenvalue weighted by Crippen LogP contribution is -2.45. The molecular formula is C101H90N2O4. The third-order valence-corrected chi connectivity index (χ3v) is 22.3. The van der Waals surface area contributed by atoms with Crippen LogP contribution in [0.3, 0.4) is 0 Å². The lowest BCUT2D eigenvalue weighted by atomic mass is 9.64. The summed E-state index contributed by atoms with van der Waals surface area (Å²) in [6, 6.07) is 130. The Balaban J connectivity index is 0.679. The van der Waals surface area contributed by atoms with E-state index in [1.54, 1.807) is 0 Å². The Morgan fingerprint density at radius 2 is 0.467 bits per heavy atom. The first kappa shape index (κ1) is 69.9. The van der Waals surface area contributed by atoms with Gasteiger partial charge in [-0.2, -0.15) is 0 Å². The second-order valence-corrected chi connectivity index (χ2v) is 29.4. The molecule has 2 aliphatic heterocycles. The lowest BCUT2D eigenvalue weighted by molar-refractivity contribution is -0.152. The maximum absolute atomic E-state index is 6.20. The van der Waals surface area contributed by atoms with E-state index in [4.69, 9.17) is 18.9 Å². The highest BCUT2D eigenvalue weighted by Crippen LogP contribution is 2.48. The molecule has 2 heterocycles. The zero-order chi connectivity index (χ0) is 72.6. The van der Waals surface area contributed by atoms with Gasteiger partial charge in [0, 0.05) is 45.0 Å². The largest absolute Gasteiger partial charge is 0.380 e. The summed E-state index contributed by atoms with van der Waals surface area (Å²) in [4.78, 5) is 4.71. The van der Waals surface area contributed by atoms with Crippen molar-refractivity contribution in [1.82, 2.24) is 0 Å². The van der Waals surface area contributed by atoms with E-state index in [9.17, 15) is 0 Å². The molecule has 6 nitrogen and oxygen atoms in total. The van der Waals surface area contributed by atoms with Crippen LogP contribution >= 0.6 is 0 Å². The molecule has 14 aromatic rings. The van der Waals surface area contributed by atoms with Crippen LogP contribution in [-0.2, 0) is 37.6 Å². The minimum Gasteiger partial charge on any atom is -0.380 e. The van der Waals surface area contributed by atoms with Crippen molar-refractivity contribution < 1.29 is 18.9 Å². The average molecular weight is 1400 g/mol. The average Bonchev–Trinajstić information content (AvgIpc) is 0.719. The van der Waals surface area contributed by atoms with Gasteiger partial charge in [0.1, 0.15) is 0 Å². The summed E-state index contributed by atoms with van der Waals surface area (Å²) in [6.07, 6.45) is 2.14. The molecule has 0 atom stereocenters. The number of benzene rings is 14. The maximum atomic E-state index is 6.20. The van der Waals surface area contributed by atoms with Gasteiger partial charge in [0.25, 0.3) is 0 Å². The number of rotatable bonds is 26. The van der Waals surface area contributed by atoms with E-state index in [1.807, 2.05) is 0 Å². The SMILES string of the molecule is CCC1(COCc2ccc(-c3ccc(N(c4ccc(-c5ccccc5)cc4)c4ccc(-c5ccc(C(c6ccc(C)cc6)(c6ccc(C)cc6)c6ccc(-c7ccc(N(c8ccc(-c9ccccc9)cc8)c8ccc(-c9ccc(COCC%10(CC)COC%10)cc9)cc8)cc7)cc6)cc5)cc4)cc3)cc2)COC1. The molecule has 2 saturated heterocycles. The minimum absolute atomic E-state index is 0.170. The summed E-state index contributed by atoms with van der Waals surface area (Å²) in [7, 11) is 0. The highest BCUT2D eigenvalue weighted by molar-refractivity contribution is 5.84.